The predicted molar refractivity (Wildman–Crippen MR) is 65.2 cm³/mol. The van der Waals surface area contributed by atoms with E-state index in [0.717, 1.165) is 12.3 Å². The van der Waals surface area contributed by atoms with Crippen molar-refractivity contribution in [1.82, 2.24) is 9.97 Å². The van der Waals surface area contributed by atoms with E-state index in [0.29, 0.717) is 5.69 Å². The van der Waals surface area contributed by atoms with Gasteiger partial charge in [-0.15, -0.1) is 0 Å². The number of halogens is 3. The van der Waals surface area contributed by atoms with Crippen molar-refractivity contribution >= 4 is 11.4 Å². The zero-order chi connectivity index (χ0) is 13.9. The van der Waals surface area contributed by atoms with Gasteiger partial charge in [-0.05, 0) is 18.2 Å². The molecule has 0 radical (unpaired) electrons. The molecule has 7 heteroatoms. The third-order valence-electron chi connectivity index (χ3n) is 2.41. The summed E-state index contributed by atoms with van der Waals surface area (Å²) in [7, 11) is 0. The number of anilines is 2. The Kier molecular flexibility index (Phi) is 3.55. The van der Waals surface area contributed by atoms with Gasteiger partial charge in [-0.1, -0.05) is 6.07 Å². The molecule has 0 saturated carbocycles. The Labute approximate surface area is 107 Å². The molecule has 0 aliphatic carbocycles. The van der Waals surface area contributed by atoms with Crippen molar-refractivity contribution in [2.24, 2.45) is 0 Å². The minimum Gasteiger partial charge on any atom is -0.396 e. The van der Waals surface area contributed by atoms with Crippen molar-refractivity contribution in [2.75, 3.05) is 11.1 Å². The maximum Gasteiger partial charge on any atom is 0.433 e. The summed E-state index contributed by atoms with van der Waals surface area (Å²) in [6.45, 7) is 0.284. The number of nitrogen functional groups attached to an aromatic ring is 1. The molecule has 0 saturated heterocycles. The van der Waals surface area contributed by atoms with Crippen LogP contribution in [0.2, 0.25) is 0 Å². The third kappa shape index (κ3) is 3.34. The molecule has 2 aromatic heterocycles. The number of pyridine rings is 2. The first-order valence-electron chi connectivity index (χ1n) is 5.43. The third-order valence-corrected chi connectivity index (χ3v) is 2.41. The number of hydrogen-bond acceptors (Lipinski definition) is 4. The van der Waals surface area contributed by atoms with Gasteiger partial charge < -0.3 is 11.1 Å². The van der Waals surface area contributed by atoms with Crippen molar-refractivity contribution in [3.63, 3.8) is 0 Å². The van der Waals surface area contributed by atoms with Gasteiger partial charge >= 0.3 is 6.18 Å². The van der Waals surface area contributed by atoms with Crippen LogP contribution in [-0.4, -0.2) is 9.97 Å². The summed E-state index contributed by atoms with van der Waals surface area (Å²) in [5.41, 5.74) is 5.65. The maximum absolute atomic E-state index is 12.5. The zero-order valence-electron chi connectivity index (χ0n) is 9.78. The first kappa shape index (κ1) is 13.1. The van der Waals surface area contributed by atoms with E-state index in [4.69, 9.17) is 5.73 Å². The lowest BCUT2D eigenvalue weighted by Gasteiger charge is -2.12. The molecule has 0 amide bonds. The Morgan fingerprint density at radius 3 is 2.63 bits per heavy atom. The van der Waals surface area contributed by atoms with Crippen molar-refractivity contribution in [3.8, 4) is 0 Å². The number of nitrogens with zero attached hydrogens (tertiary/aromatic N) is 2. The van der Waals surface area contributed by atoms with Crippen molar-refractivity contribution in [2.45, 2.75) is 12.7 Å². The fourth-order valence-electron chi connectivity index (χ4n) is 1.46. The van der Waals surface area contributed by atoms with Crippen LogP contribution in [-0.2, 0) is 12.7 Å². The summed E-state index contributed by atoms with van der Waals surface area (Å²) in [6, 6.07) is 6.19. The van der Waals surface area contributed by atoms with Crippen LogP contribution in [0.1, 0.15) is 11.4 Å². The maximum atomic E-state index is 12.5. The molecule has 0 unspecified atom stereocenters. The van der Waals surface area contributed by atoms with Crippen LogP contribution in [0.3, 0.4) is 0 Å². The fourth-order valence-corrected chi connectivity index (χ4v) is 1.46. The van der Waals surface area contributed by atoms with Crippen molar-refractivity contribution < 1.29 is 13.2 Å². The van der Waals surface area contributed by atoms with Crippen LogP contribution in [0.25, 0.3) is 0 Å². The van der Waals surface area contributed by atoms with Crippen LogP contribution in [0.5, 0.6) is 0 Å². The van der Waals surface area contributed by atoms with Gasteiger partial charge in [-0.25, -0.2) is 4.98 Å². The van der Waals surface area contributed by atoms with Crippen LogP contribution in [0.15, 0.2) is 36.7 Å². The van der Waals surface area contributed by atoms with Crippen molar-refractivity contribution in [1.29, 1.82) is 0 Å². The monoisotopic (exact) mass is 268 g/mol. The van der Waals surface area contributed by atoms with Gasteiger partial charge in [0, 0.05) is 6.20 Å². The summed E-state index contributed by atoms with van der Waals surface area (Å²) >= 11 is 0. The van der Waals surface area contributed by atoms with Gasteiger partial charge in [0.05, 0.1) is 29.8 Å². The lowest BCUT2D eigenvalue weighted by molar-refractivity contribution is -0.141. The number of alkyl halides is 3. The van der Waals surface area contributed by atoms with Gasteiger partial charge in [0.25, 0.3) is 0 Å². The summed E-state index contributed by atoms with van der Waals surface area (Å²) in [4.78, 5) is 7.31. The smallest absolute Gasteiger partial charge is 0.396 e. The van der Waals surface area contributed by atoms with Crippen LogP contribution < -0.4 is 11.1 Å². The van der Waals surface area contributed by atoms with E-state index in [2.05, 4.69) is 15.3 Å². The van der Waals surface area contributed by atoms with E-state index in [1.165, 1.54) is 0 Å². The highest BCUT2D eigenvalue weighted by Crippen LogP contribution is 2.31. The van der Waals surface area contributed by atoms with Crippen LogP contribution >= 0.6 is 0 Å². The van der Waals surface area contributed by atoms with Crippen LogP contribution in [0, 0.1) is 0 Å². The second-order valence-corrected chi connectivity index (χ2v) is 3.83. The molecular formula is C12H11F3N4. The Balaban J connectivity index is 2.16. The van der Waals surface area contributed by atoms with Crippen LogP contribution in [0.4, 0.5) is 24.5 Å². The number of nitrogens with two attached hydrogens (primary N) is 1. The molecule has 0 atom stereocenters. The largest absolute Gasteiger partial charge is 0.433 e. The molecule has 2 rings (SSSR count). The summed E-state index contributed by atoms with van der Waals surface area (Å²) in [6.07, 6.45) is -1.90. The second kappa shape index (κ2) is 5.13. The Morgan fingerprint density at radius 2 is 2.00 bits per heavy atom. The van der Waals surface area contributed by atoms with Gasteiger partial charge in [0.1, 0.15) is 5.69 Å². The average Bonchev–Trinajstić information content (AvgIpc) is 2.37. The highest BCUT2D eigenvalue weighted by molar-refractivity contribution is 5.65. The number of nitrogens with one attached hydrogen (secondary N) is 1. The lowest BCUT2D eigenvalue weighted by atomic mass is 10.2. The number of hydrogen-bond donors (Lipinski definition) is 2. The first-order chi connectivity index (χ1) is 8.97. The van der Waals surface area contributed by atoms with E-state index < -0.39 is 11.9 Å². The van der Waals surface area contributed by atoms with Gasteiger partial charge in [-0.3, -0.25) is 4.98 Å². The average molecular weight is 268 g/mol. The topological polar surface area (TPSA) is 63.8 Å². The molecule has 19 heavy (non-hydrogen) atoms. The molecule has 0 aliphatic heterocycles. The van der Waals surface area contributed by atoms with Gasteiger partial charge in [0.15, 0.2) is 0 Å². The van der Waals surface area contributed by atoms with Crippen molar-refractivity contribution in [3.05, 3.63) is 48.0 Å². The predicted octanol–water partition coefficient (Wildman–Crippen LogP) is 2.69. The molecule has 0 fully saturated rings. The lowest BCUT2D eigenvalue weighted by Crippen LogP contribution is -2.11. The van der Waals surface area contributed by atoms with E-state index >= 15 is 0 Å². The molecule has 0 spiro atoms. The molecular weight excluding hydrogens is 257 g/mol. The standard InChI is InChI=1S/C12H11F3N4/c13-12(14,15)11-5-10(9(16)7-19-11)18-6-8-3-1-2-4-17-8/h1-5,7H,6,16H2,(H,18,19). The minimum absolute atomic E-state index is 0.156. The number of rotatable bonds is 3. The number of aromatic nitrogens is 2. The molecule has 0 aliphatic rings. The summed E-state index contributed by atoms with van der Waals surface area (Å²) in [5.74, 6) is 0. The molecule has 0 aromatic carbocycles. The zero-order valence-corrected chi connectivity index (χ0v) is 9.78. The fraction of sp³-hybridized carbons (Fsp3) is 0.167. The first-order valence-corrected chi connectivity index (χ1v) is 5.43. The molecule has 100 valence electrons. The highest BCUT2D eigenvalue weighted by Gasteiger charge is 2.32. The SMILES string of the molecule is Nc1cnc(C(F)(F)F)cc1NCc1ccccn1. The quantitative estimate of drug-likeness (QED) is 0.898. The van der Waals surface area contributed by atoms with Gasteiger partial charge in [-0.2, -0.15) is 13.2 Å². The second-order valence-electron chi connectivity index (χ2n) is 3.83. The molecule has 2 heterocycles. The van der Waals surface area contributed by atoms with E-state index in [1.807, 2.05) is 0 Å². The molecule has 2 aromatic rings. The Hall–Kier alpha value is -2.31. The summed E-state index contributed by atoms with van der Waals surface area (Å²) < 4.78 is 37.6. The van der Waals surface area contributed by atoms with E-state index in [1.54, 1.807) is 24.4 Å². The normalized spacial score (nSPS) is 11.3. The summed E-state index contributed by atoms with van der Waals surface area (Å²) in [5, 5.41) is 2.81. The van der Waals surface area contributed by atoms with Gasteiger partial charge in [0.2, 0.25) is 0 Å². The Morgan fingerprint density at radius 1 is 1.21 bits per heavy atom. The minimum atomic E-state index is -4.49. The Bertz CT molecular complexity index is 555. The molecule has 3 N–H and O–H groups in total. The molecule has 0 bridgehead atoms. The van der Waals surface area contributed by atoms with E-state index in [-0.39, 0.29) is 17.9 Å². The highest BCUT2D eigenvalue weighted by atomic mass is 19.4. The molecule has 4 nitrogen and oxygen atoms in total. The van der Waals surface area contributed by atoms with E-state index in [9.17, 15) is 13.2 Å².